The van der Waals surface area contributed by atoms with E-state index < -0.39 is 13.0 Å². The molecule has 0 saturated heterocycles. The van der Waals surface area contributed by atoms with Gasteiger partial charge in [0.2, 0.25) is 0 Å². The maximum absolute atomic E-state index is 11.5. The second kappa shape index (κ2) is 9.43. The zero-order valence-electron chi connectivity index (χ0n) is 7.56. The molecule has 0 unspecified atom stereocenters. The van der Waals surface area contributed by atoms with Gasteiger partial charge in [0.25, 0.3) is 6.43 Å². The molecule has 0 saturated carbocycles. The second-order valence-corrected chi connectivity index (χ2v) is 2.52. The van der Waals surface area contributed by atoms with Crippen molar-refractivity contribution in [3.05, 3.63) is 0 Å². The van der Waals surface area contributed by atoms with E-state index in [0.717, 1.165) is 19.4 Å². The van der Waals surface area contributed by atoms with Crippen molar-refractivity contribution in [1.29, 1.82) is 0 Å². The van der Waals surface area contributed by atoms with Gasteiger partial charge in [0, 0.05) is 13.0 Å². The molecule has 0 spiro atoms. The van der Waals surface area contributed by atoms with Crippen LogP contribution in [0, 0.1) is 12.3 Å². The Morgan fingerprint density at radius 2 is 2.15 bits per heavy atom. The highest BCUT2D eigenvalue weighted by atomic mass is 19.3. The molecule has 0 bridgehead atoms. The third kappa shape index (κ3) is 11.3. The fourth-order valence-corrected chi connectivity index (χ4v) is 0.757. The van der Waals surface area contributed by atoms with Crippen LogP contribution in [0.4, 0.5) is 8.78 Å². The number of unbranched alkanes of at least 4 members (excludes halogenated alkanes) is 1. The number of alkyl halides is 2. The standard InChI is InChI=1S/C9H15F2NO/c1-2-3-4-5-12-6-7-13-8-9(10)11/h1,9,12H,3-8H2. The lowest BCUT2D eigenvalue weighted by atomic mass is 10.3. The van der Waals surface area contributed by atoms with Gasteiger partial charge in [-0.25, -0.2) is 8.78 Å². The summed E-state index contributed by atoms with van der Waals surface area (Å²) in [6.07, 6.45) is 4.31. The van der Waals surface area contributed by atoms with Gasteiger partial charge in [0.15, 0.2) is 0 Å². The fraction of sp³-hybridized carbons (Fsp3) is 0.778. The maximum atomic E-state index is 11.5. The normalized spacial score (nSPS) is 10.3. The van der Waals surface area contributed by atoms with Crippen LogP contribution in [0.3, 0.4) is 0 Å². The molecule has 0 rings (SSSR count). The molecule has 0 aliphatic carbocycles. The molecule has 0 aliphatic rings. The van der Waals surface area contributed by atoms with Crippen molar-refractivity contribution in [3.63, 3.8) is 0 Å². The van der Waals surface area contributed by atoms with E-state index in [4.69, 9.17) is 6.42 Å². The molecule has 0 aromatic carbocycles. The molecule has 0 aromatic heterocycles. The van der Waals surface area contributed by atoms with Crippen LogP contribution in [0.25, 0.3) is 0 Å². The number of halogens is 2. The Kier molecular flexibility index (Phi) is 8.95. The van der Waals surface area contributed by atoms with Crippen molar-refractivity contribution >= 4 is 0 Å². The molecule has 0 heterocycles. The van der Waals surface area contributed by atoms with Crippen molar-refractivity contribution in [2.45, 2.75) is 19.3 Å². The molecule has 4 heteroatoms. The number of hydrogen-bond donors (Lipinski definition) is 1. The van der Waals surface area contributed by atoms with Crippen molar-refractivity contribution in [2.24, 2.45) is 0 Å². The minimum atomic E-state index is -2.37. The lowest BCUT2D eigenvalue weighted by Crippen LogP contribution is -2.21. The molecule has 0 aliphatic heterocycles. The number of nitrogens with one attached hydrogen (secondary N) is 1. The van der Waals surface area contributed by atoms with E-state index in [1.165, 1.54) is 0 Å². The molecule has 0 fully saturated rings. The van der Waals surface area contributed by atoms with Crippen molar-refractivity contribution < 1.29 is 13.5 Å². The first-order valence-corrected chi connectivity index (χ1v) is 4.27. The first-order valence-electron chi connectivity index (χ1n) is 4.27. The van der Waals surface area contributed by atoms with Crippen LogP contribution >= 0.6 is 0 Å². The summed E-state index contributed by atoms with van der Waals surface area (Å²) in [4.78, 5) is 0. The first kappa shape index (κ1) is 12.3. The molecule has 76 valence electrons. The lowest BCUT2D eigenvalue weighted by molar-refractivity contribution is 0.0188. The van der Waals surface area contributed by atoms with E-state index in [0.29, 0.717) is 13.2 Å². The minimum Gasteiger partial charge on any atom is -0.374 e. The first-order chi connectivity index (χ1) is 6.27. The largest absolute Gasteiger partial charge is 0.374 e. The zero-order valence-corrected chi connectivity index (χ0v) is 7.56. The van der Waals surface area contributed by atoms with Gasteiger partial charge in [0.1, 0.15) is 6.61 Å². The molecule has 0 atom stereocenters. The van der Waals surface area contributed by atoms with Gasteiger partial charge < -0.3 is 10.1 Å². The summed E-state index contributed by atoms with van der Waals surface area (Å²) in [5, 5.41) is 3.03. The summed E-state index contributed by atoms with van der Waals surface area (Å²) in [6.45, 7) is 1.24. The molecule has 2 nitrogen and oxygen atoms in total. The zero-order chi connectivity index (χ0) is 9.94. The van der Waals surface area contributed by atoms with Gasteiger partial charge in [-0.15, -0.1) is 12.3 Å². The van der Waals surface area contributed by atoms with Gasteiger partial charge >= 0.3 is 0 Å². The van der Waals surface area contributed by atoms with Crippen LogP contribution in [0.2, 0.25) is 0 Å². The number of rotatable bonds is 8. The summed E-state index contributed by atoms with van der Waals surface area (Å²) >= 11 is 0. The van der Waals surface area contributed by atoms with Crippen LogP contribution in [0.1, 0.15) is 12.8 Å². The van der Waals surface area contributed by atoms with Gasteiger partial charge in [-0.1, -0.05) is 0 Å². The number of terminal acetylenes is 1. The van der Waals surface area contributed by atoms with Crippen LogP contribution in [-0.2, 0) is 4.74 Å². The molecular formula is C9H15F2NO. The van der Waals surface area contributed by atoms with E-state index in [9.17, 15) is 8.78 Å². The molecule has 0 amide bonds. The van der Waals surface area contributed by atoms with E-state index in [1.54, 1.807) is 0 Å². The van der Waals surface area contributed by atoms with Crippen LogP contribution < -0.4 is 5.32 Å². The van der Waals surface area contributed by atoms with Crippen molar-refractivity contribution in [3.8, 4) is 12.3 Å². The van der Waals surface area contributed by atoms with E-state index in [1.807, 2.05) is 0 Å². The Morgan fingerprint density at radius 3 is 2.77 bits per heavy atom. The van der Waals surface area contributed by atoms with Crippen LogP contribution in [0.15, 0.2) is 0 Å². The van der Waals surface area contributed by atoms with Gasteiger partial charge in [-0.3, -0.25) is 0 Å². The molecular weight excluding hydrogens is 176 g/mol. The average molecular weight is 191 g/mol. The Bertz CT molecular complexity index is 145. The highest BCUT2D eigenvalue weighted by Gasteiger charge is 2.00. The maximum Gasteiger partial charge on any atom is 0.261 e. The monoisotopic (exact) mass is 191 g/mol. The SMILES string of the molecule is C#CCCCNCCOCC(F)F. The number of hydrogen-bond acceptors (Lipinski definition) is 2. The summed E-state index contributed by atoms with van der Waals surface area (Å²) < 4.78 is 27.7. The van der Waals surface area contributed by atoms with E-state index >= 15 is 0 Å². The number of ether oxygens (including phenoxy) is 1. The minimum absolute atomic E-state index is 0.320. The van der Waals surface area contributed by atoms with Crippen molar-refractivity contribution in [2.75, 3.05) is 26.3 Å². The third-order valence-electron chi connectivity index (χ3n) is 1.34. The molecule has 0 aromatic rings. The average Bonchev–Trinajstić information content (AvgIpc) is 2.09. The molecule has 1 N–H and O–H groups in total. The fourth-order valence-electron chi connectivity index (χ4n) is 0.757. The second-order valence-electron chi connectivity index (χ2n) is 2.52. The predicted molar refractivity (Wildman–Crippen MR) is 47.8 cm³/mol. The quantitative estimate of drug-likeness (QED) is 0.461. The Balaban J connectivity index is 2.88. The van der Waals surface area contributed by atoms with Crippen LogP contribution in [-0.4, -0.2) is 32.7 Å². The topological polar surface area (TPSA) is 21.3 Å². The predicted octanol–water partition coefficient (Wildman–Crippen LogP) is 1.27. The summed E-state index contributed by atoms with van der Waals surface area (Å²) in [5.41, 5.74) is 0. The van der Waals surface area contributed by atoms with E-state index in [2.05, 4.69) is 16.0 Å². The summed E-state index contributed by atoms with van der Waals surface area (Å²) in [5.74, 6) is 2.51. The molecule has 0 radical (unpaired) electrons. The van der Waals surface area contributed by atoms with Gasteiger partial charge in [-0.05, 0) is 13.0 Å². The Morgan fingerprint density at radius 1 is 1.38 bits per heavy atom. The van der Waals surface area contributed by atoms with Gasteiger partial charge in [-0.2, -0.15) is 0 Å². The lowest BCUT2D eigenvalue weighted by Gasteiger charge is -2.04. The van der Waals surface area contributed by atoms with E-state index in [-0.39, 0.29) is 0 Å². The highest BCUT2D eigenvalue weighted by Crippen LogP contribution is 1.91. The summed E-state index contributed by atoms with van der Waals surface area (Å²) in [6, 6.07) is 0. The highest BCUT2D eigenvalue weighted by molar-refractivity contribution is 4.83. The smallest absolute Gasteiger partial charge is 0.261 e. The van der Waals surface area contributed by atoms with Crippen LogP contribution in [0.5, 0.6) is 0 Å². The third-order valence-corrected chi connectivity index (χ3v) is 1.34. The summed E-state index contributed by atoms with van der Waals surface area (Å²) in [7, 11) is 0. The molecule has 13 heavy (non-hydrogen) atoms. The Labute approximate surface area is 77.7 Å². The van der Waals surface area contributed by atoms with Gasteiger partial charge in [0.05, 0.1) is 6.61 Å². The Hall–Kier alpha value is -0.660. The van der Waals surface area contributed by atoms with Crippen molar-refractivity contribution in [1.82, 2.24) is 5.32 Å².